The first-order chi connectivity index (χ1) is 10.2. The molecule has 0 aromatic heterocycles. The second-order valence-electron chi connectivity index (χ2n) is 4.42. The molecule has 0 bridgehead atoms. The zero-order valence-electron chi connectivity index (χ0n) is 11.8. The third kappa shape index (κ3) is 4.77. The number of rotatable bonds is 6. The molecule has 1 N–H and O–H groups in total. The smallest absolute Gasteiger partial charge is 0.250 e. The van der Waals surface area contributed by atoms with Crippen molar-refractivity contribution in [3.63, 3.8) is 0 Å². The Labute approximate surface area is 128 Å². The quantitative estimate of drug-likeness (QED) is 0.814. The first-order valence-corrected chi connectivity index (χ1v) is 7.04. The van der Waals surface area contributed by atoms with Gasteiger partial charge in [0.2, 0.25) is 5.91 Å². The normalized spacial score (nSPS) is 13.6. The molecule has 0 atom stereocenters. The van der Waals surface area contributed by atoms with Crippen LogP contribution in [0.25, 0.3) is 0 Å². The van der Waals surface area contributed by atoms with Crippen molar-refractivity contribution in [1.29, 1.82) is 0 Å². The van der Waals surface area contributed by atoms with E-state index in [1.165, 1.54) is 0 Å². The Bertz CT molecular complexity index is 494. The van der Waals surface area contributed by atoms with Crippen LogP contribution in [0.2, 0.25) is 5.02 Å². The summed E-state index contributed by atoms with van der Waals surface area (Å²) in [5.74, 6) is 0.877. The van der Waals surface area contributed by atoms with Crippen molar-refractivity contribution in [2.24, 2.45) is 0 Å². The molecule has 0 radical (unpaired) electrons. The van der Waals surface area contributed by atoms with Crippen molar-refractivity contribution < 1.29 is 23.7 Å². The Kier molecular flexibility index (Phi) is 6.10. The van der Waals surface area contributed by atoms with Gasteiger partial charge in [0.1, 0.15) is 6.61 Å². The Hall–Kier alpha value is -1.50. The van der Waals surface area contributed by atoms with Gasteiger partial charge in [0, 0.05) is 25.7 Å². The van der Waals surface area contributed by atoms with Crippen molar-refractivity contribution in [3.05, 3.63) is 17.2 Å². The van der Waals surface area contributed by atoms with Gasteiger partial charge in [-0.15, -0.1) is 0 Å². The van der Waals surface area contributed by atoms with Crippen molar-refractivity contribution in [1.82, 2.24) is 0 Å². The monoisotopic (exact) mass is 315 g/mol. The fourth-order valence-electron chi connectivity index (χ4n) is 1.77. The fourth-order valence-corrected chi connectivity index (χ4v) is 1.97. The summed E-state index contributed by atoms with van der Waals surface area (Å²) < 4.78 is 21.0. The minimum Gasteiger partial charge on any atom is -0.490 e. The number of carbonyl (C=O) groups excluding carboxylic acids is 1. The number of carbonyl (C=O) groups is 1. The van der Waals surface area contributed by atoms with Crippen LogP contribution in [0, 0.1) is 0 Å². The predicted molar refractivity (Wildman–Crippen MR) is 78.4 cm³/mol. The Morgan fingerprint density at radius 2 is 2.00 bits per heavy atom. The van der Waals surface area contributed by atoms with Crippen LogP contribution in [0.1, 0.15) is 6.42 Å². The lowest BCUT2D eigenvalue weighted by Gasteiger charge is -2.12. The van der Waals surface area contributed by atoms with E-state index in [-0.39, 0.29) is 12.5 Å². The third-order valence-electron chi connectivity index (χ3n) is 2.78. The molecule has 21 heavy (non-hydrogen) atoms. The minimum atomic E-state index is -0.289. The Morgan fingerprint density at radius 1 is 1.29 bits per heavy atom. The first-order valence-electron chi connectivity index (χ1n) is 6.66. The average Bonchev–Trinajstić information content (AvgIpc) is 2.69. The lowest BCUT2D eigenvalue weighted by molar-refractivity contribution is -0.121. The molecule has 116 valence electrons. The maximum Gasteiger partial charge on any atom is 0.250 e. The van der Waals surface area contributed by atoms with Gasteiger partial charge in [0.15, 0.2) is 11.5 Å². The van der Waals surface area contributed by atoms with Crippen molar-refractivity contribution in [3.8, 4) is 11.5 Å². The number of ether oxygens (including phenoxy) is 4. The third-order valence-corrected chi connectivity index (χ3v) is 3.09. The summed E-state index contributed by atoms with van der Waals surface area (Å²) in [7, 11) is 1.57. The maximum absolute atomic E-state index is 11.8. The molecule has 0 saturated heterocycles. The van der Waals surface area contributed by atoms with Gasteiger partial charge in [0.25, 0.3) is 0 Å². The van der Waals surface area contributed by atoms with Gasteiger partial charge in [-0.05, 0) is 0 Å². The molecule has 7 heteroatoms. The number of hydrogen-bond donors (Lipinski definition) is 1. The molecule has 0 saturated carbocycles. The second-order valence-corrected chi connectivity index (χ2v) is 4.83. The topological polar surface area (TPSA) is 66.0 Å². The number of amides is 1. The molecule has 1 amide bonds. The van der Waals surface area contributed by atoms with E-state index in [2.05, 4.69) is 5.32 Å². The molecule has 0 fully saturated rings. The van der Waals surface area contributed by atoms with Crippen LogP contribution in [0.15, 0.2) is 12.1 Å². The molecule has 1 aliphatic rings. The van der Waals surface area contributed by atoms with Gasteiger partial charge in [0.05, 0.1) is 37.1 Å². The second kappa shape index (κ2) is 8.07. The zero-order chi connectivity index (χ0) is 15.1. The minimum absolute atomic E-state index is 0.0614. The van der Waals surface area contributed by atoms with Crippen LogP contribution in [-0.2, 0) is 14.3 Å². The SMILES string of the molecule is COCCOCC(=O)Nc1cc2c(cc1Cl)OCCCO2. The lowest BCUT2D eigenvalue weighted by atomic mass is 10.2. The molecular weight excluding hydrogens is 298 g/mol. The van der Waals surface area contributed by atoms with E-state index in [9.17, 15) is 4.79 Å². The van der Waals surface area contributed by atoms with Gasteiger partial charge < -0.3 is 24.3 Å². The lowest BCUT2D eigenvalue weighted by Crippen LogP contribution is -2.19. The highest BCUT2D eigenvalue weighted by Gasteiger charge is 2.15. The predicted octanol–water partition coefficient (Wildman–Crippen LogP) is 2.10. The molecule has 1 aromatic rings. The molecule has 1 aromatic carbocycles. The van der Waals surface area contributed by atoms with E-state index < -0.39 is 0 Å². The summed E-state index contributed by atoms with van der Waals surface area (Å²) in [5.41, 5.74) is 0.473. The van der Waals surface area contributed by atoms with E-state index in [1.54, 1.807) is 19.2 Å². The highest BCUT2D eigenvalue weighted by Crippen LogP contribution is 2.37. The summed E-state index contributed by atoms with van der Waals surface area (Å²) in [5, 5.41) is 3.08. The van der Waals surface area contributed by atoms with Crippen LogP contribution >= 0.6 is 11.6 Å². The standard InChI is InChI=1S/C14H18ClNO5/c1-18-5-6-19-9-14(17)16-11-8-13-12(7-10(11)15)20-3-2-4-21-13/h7-8H,2-6,9H2,1H3,(H,16,17). The summed E-state index contributed by atoms with van der Waals surface area (Å²) in [6.07, 6.45) is 0.807. The molecule has 0 spiro atoms. The van der Waals surface area contributed by atoms with Crippen LogP contribution in [0.4, 0.5) is 5.69 Å². The van der Waals surface area contributed by atoms with E-state index in [0.29, 0.717) is 48.6 Å². The number of hydrogen-bond acceptors (Lipinski definition) is 5. The highest BCUT2D eigenvalue weighted by atomic mass is 35.5. The van der Waals surface area contributed by atoms with Gasteiger partial charge in [-0.2, -0.15) is 0 Å². The maximum atomic E-state index is 11.8. The number of anilines is 1. The number of methoxy groups -OCH3 is 1. The molecule has 1 aliphatic heterocycles. The molecule has 0 aliphatic carbocycles. The van der Waals surface area contributed by atoms with Gasteiger partial charge in [-0.3, -0.25) is 4.79 Å². The van der Waals surface area contributed by atoms with E-state index in [1.807, 2.05) is 0 Å². The van der Waals surface area contributed by atoms with Crippen molar-refractivity contribution >= 4 is 23.2 Å². The molecule has 1 heterocycles. The Morgan fingerprint density at radius 3 is 2.71 bits per heavy atom. The van der Waals surface area contributed by atoms with E-state index in [4.69, 9.17) is 30.5 Å². The highest BCUT2D eigenvalue weighted by molar-refractivity contribution is 6.34. The summed E-state index contributed by atoms with van der Waals surface area (Å²) in [6.45, 7) is 1.90. The van der Waals surface area contributed by atoms with Crippen LogP contribution in [0.3, 0.4) is 0 Å². The number of fused-ring (bicyclic) bond motifs is 1. The van der Waals surface area contributed by atoms with Crippen LogP contribution < -0.4 is 14.8 Å². The molecule has 6 nitrogen and oxygen atoms in total. The molecule has 0 unspecified atom stereocenters. The molecule has 2 rings (SSSR count). The zero-order valence-corrected chi connectivity index (χ0v) is 12.6. The van der Waals surface area contributed by atoms with E-state index >= 15 is 0 Å². The van der Waals surface area contributed by atoms with Crippen LogP contribution in [-0.4, -0.2) is 46.1 Å². The summed E-state index contributed by atoms with van der Waals surface area (Å²) in [6, 6.07) is 3.31. The van der Waals surface area contributed by atoms with Crippen LogP contribution in [0.5, 0.6) is 11.5 Å². The fraction of sp³-hybridized carbons (Fsp3) is 0.500. The summed E-state index contributed by atoms with van der Waals surface area (Å²) in [4.78, 5) is 11.8. The molecular formula is C14H18ClNO5. The first kappa shape index (κ1) is 15.9. The summed E-state index contributed by atoms with van der Waals surface area (Å²) >= 11 is 6.13. The van der Waals surface area contributed by atoms with Gasteiger partial charge in [-0.25, -0.2) is 0 Å². The number of nitrogens with one attached hydrogen (secondary N) is 1. The largest absolute Gasteiger partial charge is 0.490 e. The number of benzene rings is 1. The van der Waals surface area contributed by atoms with Crippen molar-refractivity contribution in [2.45, 2.75) is 6.42 Å². The van der Waals surface area contributed by atoms with Crippen molar-refractivity contribution in [2.75, 3.05) is 45.5 Å². The Balaban J connectivity index is 1.96. The van der Waals surface area contributed by atoms with Gasteiger partial charge in [-0.1, -0.05) is 11.6 Å². The average molecular weight is 316 g/mol. The van der Waals surface area contributed by atoms with Gasteiger partial charge >= 0.3 is 0 Å². The number of halogens is 1. The van der Waals surface area contributed by atoms with E-state index in [0.717, 1.165) is 6.42 Å².